The second-order valence-electron chi connectivity index (χ2n) is 7.45. The van der Waals surface area contributed by atoms with E-state index in [4.69, 9.17) is 4.74 Å². The summed E-state index contributed by atoms with van der Waals surface area (Å²) in [6, 6.07) is 14.3. The summed E-state index contributed by atoms with van der Waals surface area (Å²) in [5, 5.41) is 0. The van der Waals surface area contributed by atoms with Gasteiger partial charge < -0.3 is 4.74 Å². The molecule has 1 heterocycles. The van der Waals surface area contributed by atoms with Gasteiger partial charge in [-0.2, -0.15) is 0 Å². The molecule has 2 aromatic carbocycles. The van der Waals surface area contributed by atoms with Crippen LogP contribution >= 0.6 is 0 Å². The highest BCUT2D eigenvalue weighted by Gasteiger charge is 2.50. The fourth-order valence-electron chi connectivity index (χ4n) is 4.30. The van der Waals surface area contributed by atoms with E-state index in [1.807, 2.05) is 6.07 Å². The lowest BCUT2D eigenvalue weighted by molar-refractivity contribution is 0.0607. The van der Waals surface area contributed by atoms with E-state index in [0.29, 0.717) is 23.7 Å². The van der Waals surface area contributed by atoms with Crippen LogP contribution in [0.1, 0.15) is 24.8 Å². The molecule has 1 spiro atoms. The number of nitrogens with zero attached hydrogens (tertiary/aromatic N) is 1. The molecule has 132 valence electrons. The SMILES string of the molecule is Fc1ccc(OCC2CN(Cc3ccccc3)CC23CCC3)cc1F. The van der Waals surface area contributed by atoms with E-state index >= 15 is 0 Å². The Balaban J connectivity index is 1.40. The van der Waals surface area contributed by atoms with Crippen molar-refractivity contribution >= 4 is 0 Å². The minimum atomic E-state index is -0.854. The number of rotatable bonds is 5. The van der Waals surface area contributed by atoms with Crippen LogP contribution < -0.4 is 4.74 Å². The van der Waals surface area contributed by atoms with Crippen LogP contribution in [-0.2, 0) is 6.54 Å². The normalized spacial score (nSPS) is 22.1. The molecular formula is C21H23F2NO. The molecule has 25 heavy (non-hydrogen) atoms. The van der Waals surface area contributed by atoms with Crippen molar-refractivity contribution in [3.63, 3.8) is 0 Å². The molecule has 1 saturated carbocycles. The topological polar surface area (TPSA) is 12.5 Å². The van der Waals surface area contributed by atoms with E-state index in [2.05, 4.69) is 29.2 Å². The molecule has 1 aliphatic heterocycles. The monoisotopic (exact) mass is 343 g/mol. The third-order valence-corrected chi connectivity index (χ3v) is 5.82. The maximum Gasteiger partial charge on any atom is 0.162 e. The third-order valence-electron chi connectivity index (χ3n) is 5.82. The van der Waals surface area contributed by atoms with Gasteiger partial charge in [0.05, 0.1) is 6.61 Å². The summed E-state index contributed by atoms with van der Waals surface area (Å²) >= 11 is 0. The Morgan fingerprint density at radius 2 is 1.84 bits per heavy atom. The van der Waals surface area contributed by atoms with Crippen LogP contribution in [0.3, 0.4) is 0 Å². The first-order valence-electron chi connectivity index (χ1n) is 8.99. The van der Waals surface area contributed by atoms with Gasteiger partial charge in [0.15, 0.2) is 11.6 Å². The second kappa shape index (κ2) is 6.75. The number of hydrogen-bond donors (Lipinski definition) is 0. The Morgan fingerprint density at radius 1 is 1.04 bits per heavy atom. The molecule has 0 N–H and O–H groups in total. The van der Waals surface area contributed by atoms with Crippen molar-refractivity contribution in [3.05, 3.63) is 65.7 Å². The first-order valence-corrected chi connectivity index (χ1v) is 8.99. The lowest BCUT2D eigenvalue weighted by atomic mass is 9.63. The van der Waals surface area contributed by atoms with Crippen LogP contribution in [0.5, 0.6) is 5.75 Å². The van der Waals surface area contributed by atoms with Gasteiger partial charge in [-0.3, -0.25) is 4.90 Å². The zero-order valence-electron chi connectivity index (χ0n) is 14.3. The predicted octanol–water partition coefficient (Wildman–Crippen LogP) is 4.65. The number of ether oxygens (including phenoxy) is 1. The van der Waals surface area contributed by atoms with Crippen LogP contribution in [0.4, 0.5) is 8.78 Å². The van der Waals surface area contributed by atoms with Crippen LogP contribution in [0.15, 0.2) is 48.5 Å². The van der Waals surface area contributed by atoms with Crippen molar-refractivity contribution in [2.24, 2.45) is 11.3 Å². The van der Waals surface area contributed by atoms with E-state index < -0.39 is 11.6 Å². The Bertz CT molecular complexity index is 730. The van der Waals surface area contributed by atoms with Crippen LogP contribution in [0.2, 0.25) is 0 Å². The van der Waals surface area contributed by atoms with Crippen molar-refractivity contribution in [1.29, 1.82) is 0 Å². The zero-order valence-corrected chi connectivity index (χ0v) is 14.3. The molecule has 1 unspecified atom stereocenters. The minimum Gasteiger partial charge on any atom is -0.493 e. The summed E-state index contributed by atoms with van der Waals surface area (Å²) < 4.78 is 32.2. The van der Waals surface area contributed by atoms with Crippen molar-refractivity contribution in [3.8, 4) is 5.75 Å². The lowest BCUT2D eigenvalue weighted by Crippen LogP contribution is -2.39. The molecule has 0 aromatic heterocycles. The largest absolute Gasteiger partial charge is 0.493 e. The Morgan fingerprint density at radius 3 is 2.52 bits per heavy atom. The average Bonchev–Trinajstić information content (AvgIpc) is 2.96. The molecule has 4 heteroatoms. The quantitative estimate of drug-likeness (QED) is 0.784. The third kappa shape index (κ3) is 3.40. The number of benzene rings is 2. The van der Waals surface area contributed by atoms with Gasteiger partial charge in [0.1, 0.15) is 5.75 Å². The molecule has 0 radical (unpaired) electrons. The molecule has 1 aliphatic carbocycles. The highest BCUT2D eigenvalue weighted by atomic mass is 19.2. The zero-order chi connectivity index (χ0) is 17.3. The Kier molecular flexibility index (Phi) is 4.46. The molecule has 0 amide bonds. The van der Waals surface area contributed by atoms with Gasteiger partial charge in [-0.05, 0) is 36.0 Å². The van der Waals surface area contributed by atoms with Gasteiger partial charge in [-0.15, -0.1) is 0 Å². The fraction of sp³-hybridized carbons (Fsp3) is 0.429. The average molecular weight is 343 g/mol. The van der Waals surface area contributed by atoms with Gasteiger partial charge >= 0.3 is 0 Å². The van der Waals surface area contributed by atoms with Crippen LogP contribution in [0, 0.1) is 23.0 Å². The van der Waals surface area contributed by atoms with Crippen LogP contribution in [0.25, 0.3) is 0 Å². The molecule has 2 fully saturated rings. The van der Waals surface area contributed by atoms with Crippen molar-refractivity contribution in [2.45, 2.75) is 25.8 Å². The minimum absolute atomic E-state index is 0.341. The van der Waals surface area contributed by atoms with E-state index in [1.54, 1.807) is 0 Å². The molecule has 1 atom stereocenters. The summed E-state index contributed by atoms with van der Waals surface area (Å²) in [5.41, 5.74) is 1.67. The Labute approximate surface area is 147 Å². The molecule has 4 rings (SSSR count). The first kappa shape index (κ1) is 16.5. The van der Waals surface area contributed by atoms with E-state index in [9.17, 15) is 8.78 Å². The molecule has 2 nitrogen and oxygen atoms in total. The number of hydrogen-bond acceptors (Lipinski definition) is 2. The van der Waals surface area contributed by atoms with E-state index in [1.165, 1.54) is 30.9 Å². The second-order valence-corrected chi connectivity index (χ2v) is 7.45. The van der Waals surface area contributed by atoms with E-state index in [0.717, 1.165) is 31.8 Å². The number of halogens is 2. The number of likely N-dealkylation sites (tertiary alicyclic amines) is 1. The molecule has 0 bridgehead atoms. The summed E-state index contributed by atoms with van der Waals surface area (Å²) in [4.78, 5) is 2.51. The van der Waals surface area contributed by atoms with Gasteiger partial charge in [0, 0.05) is 31.6 Å². The first-order chi connectivity index (χ1) is 12.1. The van der Waals surface area contributed by atoms with E-state index in [-0.39, 0.29) is 0 Å². The van der Waals surface area contributed by atoms with Crippen LogP contribution in [-0.4, -0.2) is 24.6 Å². The molecule has 2 aliphatic rings. The lowest BCUT2D eigenvalue weighted by Gasteiger charge is -2.42. The highest BCUT2D eigenvalue weighted by molar-refractivity contribution is 5.24. The van der Waals surface area contributed by atoms with Crippen molar-refractivity contribution < 1.29 is 13.5 Å². The summed E-state index contributed by atoms with van der Waals surface area (Å²) in [7, 11) is 0. The standard InChI is InChI=1S/C21H23F2NO/c22-19-8-7-18(11-20(19)23)25-14-17-13-24(15-21(17)9-4-10-21)12-16-5-2-1-3-6-16/h1-3,5-8,11,17H,4,9-10,12-15H2. The highest BCUT2D eigenvalue weighted by Crippen LogP contribution is 2.52. The smallest absolute Gasteiger partial charge is 0.162 e. The summed E-state index contributed by atoms with van der Waals surface area (Å²) in [5.74, 6) is -0.835. The van der Waals surface area contributed by atoms with Gasteiger partial charge in [-0.1, -0.05) is 36.8 Å². The fourth-order valence-corrected chi connectivity index (χ4v) is 4.30. The van der Waals surface area contributed by atoms with Crippen molar-refractivity contribution in [2.75, 3.05) is 19.7 Å². The maximum absolute atomic E-state index is 13.4. The molecular weight excluding hydrogens is 320 g/mol. The van der Waals surface area contributed by atoms with Gasteiger partial charge in [0.2, 0.25) is 0 Å². The van der Waals surface area contributed by atoms with Crippen molar-refractivity contribution in [1.82, 2.24) is 4.90 Å². The molecule has 2 aromatic rings. The Hall–Kier alpha value is -1.94. The predicted molar refractivity (Wildman–Crippen MR) is 93.3 cm³/mol. The molecule has 1 saturated heterocycles. The summed E-state index contributed by atoms with van der Waals surface area (Å²) in [6.07, 6.45) is 3.76. The van der Waals surface area contributed by atoms with Gasteiger partial charge in [0.25, 0.3) is 0 Å². The maximum atomic E-state index is 13.4. The van der Waals surface area contributed by atoms with Gasteiger partial charge in [-0.25, -0.2) is 8.78 Å². The summed E-state index contributed by atoms with van der Waals surface area (Å²) in [6.45, 7) is 3.63.